The summed E-state index contributed by atoms with van der Waals surface area (Å²) in [6.45, 7) is 1.14. The van der Waals surface area contributed by atoms with Crippen LogP contribution in [0.4, 0.5) is 4.39 Å². The molecule has 2 atom stereocenters. The van der Waals surface area contributed by atoms with E-state index in [1.165, 1.54) is 19.2 Å². The third kappa shape index (κ3) is 2.75. The second kappa shape index (κ2) is 6.02. The quantitative estimate of drug-likeness (QED) is 0.841. The van der Waals surface area contributed by atoms with Crippen LogP contribution in [0.25, 0.3) is 0 Å². The fraction of sp³-hybridized carbons (Fsp3) is 0.562. The van der Waals surface area contributed by atoms with Crippen LogP contribution in [0.5, 0.6) is 5.75 Å². The number of hydrogen-bond acceptors (Lipinski definition) is 3. The molecule has 0 N–H and O–H groups in total. The molecular formula is C16H20FNO3. The topological polar surface area (TPSA) is 38.8 Å². The number of carbonyl (C=O) groups is 1. The summed E-state index contributed by atoms with van der Waals surface area (Å²) in [6, 6.07) is 4.51. The highest BCUT2D eigenvalue weighted by molar-refractivity contribution is 5.94. The van der Waals surface area contributed by atoms with Gasteiger partial charge in [-0.2, -0.15) is 0 Å². The number of ether oxygens (including phenoxy) is 2. The van der Waals surface area contributed by atoms with E-state index < -0.39 is 5.82 Å². The zero-order chi connectivity index (χ0) is 14.8. The molecule has 2 fully saturated rings. The highest BCUT2D eigenvalue weighted by Gasteiger charge is 2.37. The van der Waals surface area contributed by atoms with E-state index >= 15 is 0 Å². The number of fused-ring (bicyclic) bond motifs is 1. The van der Waals surface area contributed by atoms with Gasteiger partial charge in [-0.25, -0.2) is 4.39 Å². The zero-order valence-electron chi connectivity index (χ0n) is 12.2. The Kier molecular flexibility index (Phi) is 4.10. The number of carbonyl (C=O) groups excluding carboxylic acids is 1. The van der Waals surface area contributed by atoms with Gasteiger partial charge in [0.25, 0.3) is 5.91 Å². The molecular weight excluding hydrogens is 273 g/mol. The van der Waals surface area contributed by atoms with Crippen LogP contribution >= 0.6 is 0 Å². The number of methoxy groups -OCH3 is 1. The molecule has 1 amide bonds. The first kappa shape index (κ1) is 14.3. The van der Waals surface area contributed by atoms with Gasteiger partial charge in [-0.15, -0.1) is 0 Å². The normalized spacial score (nSPS) is 25.3. The van der Waals surface area contributed by atoms with Crippen LogP contribution in [0.2, 0.25) is 0 Å². The third-order valence-electron chi connectivity index (χ3n) is 4.39. The molecule has 1 aromatic rings. The van der Waals surface area contributed by atoms with Gasteiger partial charge in [-0.1, -0.05) is 12.8 Å². The molecule has 21 heavy (non-hydrogen) atoms. The van der Waals surface area contributed by atoms with Crippen molar-refractivity contribution in [1.29, 1.82) is 0 Å². The lowest BCUT2D eigenvalue weighted by atomic mass is 9.89. The van der Waals surface area contributed by atoms with E-state index in [1.54, 1.807) is 6.07 Å². The standard InChI is InChI=1S/C16H20FNO3/c1-20-14-7-6-11(10-12(14)17)16(19)18-8-9-21-15-5-3-2-4-13(15)18/h6-7,10,13,15H,2-5,8-9H2,1H3. The Morgan fingerprint density at radius 2 is 2.19 bits per heavy atom. The van der Waals surface area contributed by atoms with Crippen molar-refractivity contribution in [2.24, 2.45) is 0 Å². The van der Waals surface area contributed by atoms with Crippen molar-refractivity contribution in [2.45, 2.75) is 37.8 Å². The molecule has 0 bridgehead atoms. The maximum atomic E-state index is 13.8. The number of halogens is 1. The van der Waals surface area contributed by atoms with E-state index in [4.69, 9.17) is 9.47 Å². The van der Waals surface area contributed by atoms with Crippen molar-refractivity contribution in [1.82, 2.24) is 4.90 Å². The second-order valence-corrected chi connectivity index (χ2v) is 5.61. The molecule has 3 rings (SSSR count). The third-order valence-corrected chi connectivity index (χ3v) is 4.39. The predicted molar refractivity (Wildman–Crippen MR) is 76.0 cm³/mol. The van der Waals surface area contributed by atoms with Crippen molar-refractivity contribution >= 4 is 5.91 Å². The lowest BCUT2D eigenvalue weighted by molar-refractivity contribution is -0.0752. The number of benzene rings is 1. The number of hydrogen-bond donors (Lipinski definition) is 0. The summed E-state index contributed by atoms with van der Waals surface area (Å²) in [5.74, 6) is -0.461. The summed E-state index contributed by atoms with van der Waals surface area (Å²) in [5, 5.41) is 0. The molecule has 1 aliphatic carbocycles. The van der Waals surface area contributed by atoms with Gasteiger partial charge in [0.15, 0.2) is 11.6 Å². The Morgan fingerprint density at radius 1 is 1.38 bits per heavy atom. The molecule has 2 aliphatic rings. The van der Waals surface area contributed by atoms with Crippen LogP contribution in [0.3, 0.4) is 0 Å². The summed E-state index contributed by atoms with van der Waals surface area (Å²) >= 11 is 0. The van der Waals surface area contributed by atoms with E-state index in [9.17, 15) is 9.18 Å². The maximum Gasteiger partial charge on any atom is 0.254 e. The van der Waals surface area contributed by atoms with Gasteiger partial charge in [0, 0.05) is 12.1 Å². The van der Waals surface area contributed by atoms with Gasteiger partial charge in [-0.3, -0.25) is 4.79 Å². The van der Waals surface area contributed by atoms with Gasteiger partial charge in [0.2, 0.25) is 0 Å². The largest absolute Gasteiger partial charge is 0.494 e. The van der Waals surface area contributed by atoms with Gasteiger partial charge in [0.1, 0.15) is 0 Å². The highest BCUT2D eigenvalue weighted by Crippen LogP contribution is 2.30. The predicted octanol–water partition coefficient (Wildman–Crippen LogP) is 2.62. The minimum atomic E-state index is -0.503. The molecule has 2 unspecified atom stereocenters. The first-order valence-corrected chi connectivity index (χ1v) is 7.47. The molecule has 0 spiro atoms. The van der Waals surface area contributed by atoms with Crippen LogP contribution < -0.4 is 4.74 Å². The molecule has 1 heterocycles. The van der Waals surface area contributed by atoms with Crippen molar-refractivity contribution in [3.8, 4) is 5.75 Å². The first-order chi connectivity index (χ1) is 10.2. The Balaban J connectivity index is 1.81. The minimum Gasteiger partial charge on any atom is -0.494 e. The summed E-state index contributed by atoms with van der Waals surface area (Å²) in [4.78, 5) is 14.5. The molecule has 0 radical (unpaired) electrons. The Hall–Kier alpha value is -1.62. The Morgan fingerprint density at radius 3 is 2.95 bits per heavy atom. The molecule has 114 valence electrons. The van der Waals surface area contributed by atoms with E-state index in [1.807, 2.05) is 4.90 Å². The van der Waals surface area contributed by atoms with Gasteiger partial charge in [0.05, 0.1) is 25.9 Å². The SMILES string of the molecule is COc1ccc(C(=O)N2CCOC3CCCCC32)cc1F. The van der Waals surface area contributed by atoms with Crippen LogP contribution in [-0.4, -0.2) is 43.2 Å². The molecule has 5 heteroatoms. The van der Waals surface area contributed by atoms with Gasteiger partial charge in [-0.05, 0) is 31.0 Å². The highest BCUT2D eigenvalue weighted by atomic mass is 19.1. The summed E-state index contributed by atoms with van der Waals surface area (Å²) in [5.41, 5.74) is 0.375. The van der Waals surface area contributed by atoms with E-state index in [0.717, 1.165) is 25.7 Å². The van der Waals surface area contributed by atoms with Crippen LogP contribution in [-0.2, 0) is 4.74 Å². The van der Waals surface area contributed by atoms with Crippen LogP contribution in [0.15, 0.2) is 18.2 Å². The van der Waals surface area contributed by atoms with Crippen molar-refractivity contribution < 1.29 is 18.7 Å². The summed E-state index contributed by atoms with van der Waals surface area (Å²) in [6.07, 6.45) is 4.38. The average molecular weight is 293 g/mol. The fourth-order valence-corrected chi connectivity index (χ4v) is 3.31. The zero-order valence-corrected chi connectivity index (χ0v) is 12.2. The molecule has 1 aliphatic heterocycles. The lowest BCUT2D eigenvalue weighted by Crippen LogP contribution is -2.54. The molecule has 4 nitrogen and oxygen atoms in total. The fourth-order valence-electron chi connectivity index (χ4n) is 3.31. The number of nitrogens with zero attached hydrogens (tertiary/aromatic N) is 1. The minimum absolute atomic E-state index is 0.114. The second-order valence-electron chi connectivity index (χ2n) is 5.61. The number of amides is 1. The number of morpholine rings is 1. The Bertz CT molecular complexity index is 532. The monoisotopic (exact) mass is 293 g/mol. The van der Waals surface area contributed by atoms with Crippen LogP contribution in [0.1, 0.15) is 36.0 Å². The van der Waals surface area contributed by atoms with E-state index in [2.05, 4.69) is 0 Å². The molecule has 0 aromatic heterocycles. The van der Waals surface area contributed by atoms with Crippen molar-refractivity contribution in [2.75, 3.05) is 20.3 Å². The van der Waals surface area contributed by atoms with Crippen molar-refractivity contribution in [3.63, 3.8) is 0 Å². The van der Waals surface area contributed by atoms with E-state index in [-0.39, 0.29) is 23.8 Å². The van der Waals surface area contributed by atoms with Gasteiger partial charge >= 0.3 is 0 Å². The van der Waals surface area contributed by atoms with Crippen LogP contribution in [0, 0.1) is 5.82 Å². The average Bonchev–Trinajstić information content (AvgIpc) is 2.53. The van der Waals surface area contributed by atoms with Gasteiger partial charge < -0.3 is 14.4 Å². The smallest absolute Gasteiger partial charge is 0.254 e. The lowest BCUT2D eigenvalue weighted by Gasteiger charge is -2.43. The molecule has 1 saturated carbocycles. The summed E-state index contributed by atoms with van der Waals surface area (Å²) in [7, 11) is 1.41. The number of rotatable bonds is 2. The Labute approximate surface area is 123 Å². The summed E-state index contributed by atoms with van der Waals surface area (Å²) < 4.78 is 24.5. The molecule has 1 aromatic carbocycles. The maximum absolute atomic E-state index is 13.8. The molecule has 1 saturated heterocycles. The van der Waals surface area contributed by atoms with E-state index in [0.29, 0.717) is 18.7 Å². The first-order valence-electron chi connectivity index (χ1n) is 7.47. The van der Waals surface area contributed by atoms with Crippen molar-refractivity contribution in [3.05, 3.63) is 29.6 Å².